The molecule has 2 aromatic heterocycles. The maximum atomic E-state index is 12.0. The molecule has 0 bridgehead atoms. The van der Waals surface area contributed by atoms with Crippen molar-refractivity contribution in [3.8, 4) is 0 Å². The molecule has 0 saturated heterocycles. The summed E-state index contributed by atoms with van der Waals surface area (Å²) < 4.78 is 3.61. The SMILES string of the molecule is Cc1nn(C)c(C)c1CC(=O)NCc1cc(C)n(C)n1. The van der Waals surface area contributed by atoms with Crippen LogP contribution in [0.1, 0.15) is 28.3 Å². The van der Waals surface area contributed by atoms with Gasteiger partial charge in [0.2, 0.25) is 5.91 Å². The Hall–Kier alpha value is -2.11. The van der Waals surface area contributed by atoms with E-state index in [4.69, 9.17) is 0 Å². The minimum atomic E-state index is -0.00694. The molecule has 0 unspecified atom stereocenters. The first-order valence-corrected chi connectivity index (χ1v) is 6.63. The highest BCUT2D eigenvalue weighted by atomic mass is 16.1. The lowest BCUT2D eigenvalue weighted by atomic mass is 10.1. The van der Waals surface area contributed by atoms with Crippen molar-refractivity contribution < 1.29 is 4.79 Å². The fraction of sp³-hybridized carbons (Fsp3) is 0.500. The number of aromatic nitrogens is 4. The van der Waals surface area contributed by atoms with Crippen LogP contribution in [0.5, 0.6) is 0 Å². The van der Waals surface area contributed by atoms with E-state index in [-0.39, 0.29) is 5.91 Å². The molecule has 2 heterocycles. The molecular formula is C14H21N5O. The lowest BCUT2D eigenvalue weighted by Crippen LogP contribution is -2.25. The molecule has 0 saturated carbocycles. The number of rotatable bonds is 4. The van der Waals surface area contributed by atoms with Crippen molar-refractivity contribution in [3.63, 3.8) is 0 Å². The second kappa shape index (κ2) is 5.48. The Labute approximate surface area is 118 Å². The number of amides is 1. The standard InChI is InChI=1S/C14H21N5O/c1-9-6-12(17-18(9)4)8-15-14(20)7-13-10(2)16-19(5)11(13)3/h6H,7-8H2,1-5H3,(H,15,20). The molecule has 6 nitrogen and oxygen atoms in total. The summed E-state index contributed by atoms with van der Waals surface area (Å²) in [6, 6.07) is 1.97. The van der Waals surface area contributed by atoms with Crippen LogP contribution in [0.4, 0.5) is 0 Å². The summed E-state index contributed by atoms with van der Waals surface area (Å²) in [5.74, 6) is -0.00694. The molecule has 20 heavy (non-hydrogen) atoms. The van der Waals surface area contributed by atoms with Gasteiger partial charge in [-0.25, -0.2) is 0 Å². The van der Waals surface area contributed by atoms with Crippen LogP contribution < -0.4 is 5.32 Å². The van der Waals surface area contributed by atoms with Crippen LogP contribution in [-0.4, -0.2) is 25.5 Å². The molecule has 1 amide bonds. The van der Waals surface area contributed by atoms with Gasteiger partial charge in [0.15, 0.2) is 0 Å². The molecule has 0 spiro atoms. The summed E-state index contributed by atoms with van der Waals surface area (Å²) in [4.78, 5) is 12.0. The molecule has 0 radical (unpaired) electrons. The zero-order valence-electron chi connectivity index (χ0n) is 12.7. The Morgan fingerprint density at radius 1 is 1.20 bits per heavy atom. The van der Waals surface area contributed by atoms with Gasteiger partial charge in [-0.05, 0) is 26.8 Å². The zero-order valence-corrected chi connectivity index (χ0v) is 12.7. The molecular weight excluding hydrogens is 254 g/mol. The molecule has 0 aliphatic rings. The van der Waals surface area contributed by atoms with E-state index in [0.717, 1.165) is 28.3 Å². The summed E-state index contributed by atoms with van der Waals surface area (Å²) in [7, 11) is 3.78. The van der Waals surface area contributed by atoms with Gasteiger partial charge in [-0.1, -0.05) is 0 Å². The van der Waals surface area contributed by atoms with E-state index in [2.05, 4.69) is 15.5 Å². The third-order valence-corrected chi connectivity index (χ3v) is 3.63. The lowest BCUT2D eigenvalue weighted by molar-refractivity contribution is -0.120. The first-order chi connectivity index (χ1) is 9.38. The normalized spacial score (nSPS) is 10.8. The van der Waals surface area contributed by atoms with E-state index < -0.39 is 0 Å². The summed E-state index contributed by atoms with van der Waals surface area (Å²) in [6.07, 6.45) is 0.358. The average molecular weight is 275 g/mol. The van der Waals surface area contributed by atoms with E-state index in [1.807, 2.05) is 40.9 Å². The molecule has 0 fully saturated rings. The summed E-state index contributed by atoms with van der Waals surface area (Å²) in [5, 5.41) is 11.5. The lowest BCUT2D eigenvalue weighted by Gasteiger charge is -2.04. The molecule has 0 aliphatic heterocycles. The van der Waals surface area contributed by atoms with Gasteiger partial charge >= 0.3 is 0 Å². The van der Waals surface area contributed by atoms with Crippen molar-refractivity contribution in [2.75, 3.05) is 0 Å². The van der Waals surface area contributed by atoms with Crippen molar-refractivity contribution >= 4 is 5.91 Å². The van der Waals surface area contributed by atoms with Gasteiger partial charge in [-0.2, -0.15) is 10.2 Å². The monoisotopic (exact) mass is 275 g/mol. The number of carbonyl (C=O) groups is 1. The van der Waals surface area contributed by atoms with E-state index in [1.54, 1.807) is 9.36 Å². The van der Waals surface area contributed by atoms with Crippen LogP contribution in [-0.2, 0) is 31.9 Å². The van der Waals surface area contributed by atoms with Crippen molar-refractivity contribution in [1.29, 1.82) is 0 Å². The van der Waals surface area contributed by atoms with E-state index >= 15 is 0 Å². The first-order valence-electron chi connectivity index (χ1n) is 6.63. The zero-order chi connectivity index (χ0) is 14.9. The number of aryl methyl sites for hydroxylation is 4. The number of hydrogen-bond acceptors (Lipinski definition) is 3. The molecule has 2 aromatic rings. The predicted molar refractivity (Wildman–Crippen MR) is 76.2 cm³/mol. The van der Waals surface area contributed by atoms with Gasteiger partial charge in [-0.15, -0.1) is 0 Å². The molecule has 1 N–H and O–H groups in total. The highest BCUT2D eigenvalue weighted by molar-refractivity contribution is 5.79. The van der Waals surface area contributed by atoms with Crippen molar-refractivity contribution in [2.45, 2.75) is 33.7 Å². The highest BCUT2D eigenvalue weighted by Gasteiger charge is 2.13. The van der Waals surface area contributed by atoms with Crippen molar-refractivity contribution in [2.24, 2.45) is 14.1 Å². The van der Waals surface area contributed by atoms with Crippen molar-refractivity contribution in [1.82, 2.24) is 24.9 Å². The number of hydrogen-bond donors (Lipinski definition) is 1. The Morgan fingerprint density at radius 2 is 1.90 bits per heavy atom. The minimum absolute atomic E-state index is 0.00694. The maximum Gasteiger partial charge on any atom is 0.224 e. The number of nitrogens with one attached hydrogen (secondary N) is 1. The fourth-order valence-electron chi connectivity index (χ4n) is 2.21. The maximum absolute atomic E-state index is 12.0. The molecule has 0 aromatic carbocycles. The van der Waals surface area contributed by atoms with Crippen LogP contribution in [0.25, 0.3) is 0 Å². The highest BCUT2D eigenvalue weighted by Crippen LogP contribution is 2.12. The van der Waals surface area contributed by atoms with E-state index in [9.17, 15) is 4.79 Å². The summed E-state index contributed by atoms with van der Waals surface area (Å²) >= 11 is 0. The van der Waals surface area contributed by atoms with Gasteiger partial charge in [0.05, 0.1) is 24.4 Å². The van der Waals surface area contributed by atoms with Crippen LogP contribution in [0.15, 0.2) is 6.07 Å². The van der Waals surface area contributed by atoms with Gasteiger partial charge < -0.3 is 5.32 Å². The third-order valence-electron chi connectivity index (χ3n) is 3.63. The Bertz CT molecular complexity index is 619. The quantitative estimate of drug-likeness (QED) is 0.903. The largest absolute Gasteiger partial charge is 0.350 e. The first kappa shape index (κ1) is 14.3. The predicted octanol–water partition coefficient (Wildman–Crippen LogP) is 0.938. The van der Waals surface area contributed by atoms with Crippen LogP contribution in [0.2, 0.25) is 0 Å². The Kier molecular flexibility index (Phi) is 3.92. The van der Waals surface area contributed by atoms with Gasteiger partial charge in [0.25, 0.3) is 0 Å². The van der Waals surface area contributed by atoms with Gasteiger partial charge in [0, 0.05) is 31.0 Å². The number of nitrogens with zero attached hydrogens (tertiary/aromatic N) is 4. The molecule has 0 atom stereocenters. The van der Waals surface area contributed by atoms with Gasteiger partial charge in [0.1, 0.15) is 0 Å². The molecule has 108 valence electrons. The smallest absolute Gasteiger partial charge is 0.224 e. The van der Waals surface area contributed by atoms with Crippen LogP contribution >= 0.6 is 0 Å². The summed E-state index contributed by atoms with van der Waals surface area (Å²) in [6.45, 7) is 6.35. The fourth-order valence-corrected chi connectivity index (χ4v) is 2.21. The Balaban J connectivity index is 1.96. The van der Waals surface area contributed by atoms with Crippen molar-refractivity contribution in [3.05, 3.63) is 34.4 Å². The van der Waals surface area contributed by atoms with Crippen LogP contribution in [0, 0.1) is 20.8 Å². The Morgan fingerprint density at radius 3 is 2.40 bits per heavy atom. The number of carbonyl (C=O) groups excluding carboxylic acids is 1. The van der Waals surface area contributed by atoms with Crippen LogP contribution in [0.3, 0.4) is 0 Å². The van der Waals surface area contributed by atoms with Gasteiger partial charge in [-0.3, -0.25) is 14.2 Å². The van der Waals surface area contributed by atoms with E-state index in [1.165, 1.54) is 0 Å². The van der Waals surface area contributed by atoms with E-state index in [0.29, 0.717) is 13.0 Å². The summed E-state index contributed by atoms with van der Waals surface area (Å²) in [5.41, 5.74) is 4.90. The second-order valence-corrected chi connectivity index (χ2v) is 5.13. The third kappa shape index (κ3) is 2.89. The minimum Gasteiger partial charge on any atom is -0.350 e. The molecule has 6 heteroatoms. The molecule has 0 aliphatic carbocycles. The molecule has 2 rings (SSSR count). The second-order valence-electron chi connectivity index (χ2n) is 5.13. The average Bonchev–Trinajstić information content (AvgIpc) is 2.82. The topological polar surface area (TPSA) is 64.7 Å².